The summed E-state index contributed by atoms with van der Waals surface area (Å²) in [5, 5.41) is 3.24. The standard InChI is InChI=1S/C17H26FNO2/c1-13-5-3-7-15(11-13)21-17-14(6-4-8-16(17)18)12-19-9-10-20-2/h4,6,8,13,15,19H,3,5,7,9-12H2,1-2H3. The summed E-state index contributed by atoms with van der Waals surface area (Å²) in [6.45, 7) is 4.22. The van der Waals surface area contributed by atoms with Crippen LogP contribution in [0.4, 0.5) is 4.39 Å². The van der Waals surface area contributed by atoms with Crippen LogP contribution in [-0.4, -0.2) is 26.4 Å². The van der Waals surface area contributed by atoms with E-state index in [4.69, 9.17) is 9.47 Å². The van der Waals surface area contributed by atoms with Gasteiger partial charge in [-0.3, -0.25) is 0 Å². The third-order valence-electron chi connectivity index (χ3n) is 4.02. The molecule has 0 heterocycles. The summed E-state index contributed by atoms with van der Waals surface area (Å²) in [7, 11) is 1.67. The fraction of sp³-hybridized carbons (Fsp3) is 0.647. The van der Waals surface area contributed by atoms with E-state index in [9.17, 15) is 4.39 Å². The quantitative estimate of drug-likeness (QED) is 0.781. The average molecular weight is 295 g/mol. The van der Waals surface area contributed by atoms with Crippen LogP contribution in [0, 0.1) is 11.7 Å². The van der Waals surface area contributed by atoms with E-state index in [1.807, 2.05) is 6.07 Å². The highest BCUT2D eigenvalue weighted by Gasteiger charge is 2.22. The number of para-hydroxylation sites is 1. The Labute approximate surface area is 126 Å². The van der Waals surface area contributed by atoms with Gasteiger partial charge in [0.1, 0.15) is 0 Å². The smallest absolute Gasteiger partial charge is 0.165 e. The molecule has 2 rings (SSSR count). The van der Waals surface area contributed by atoms with Gasteiger partial charge in [0.05, 0.1) is 12.7 Å². The SMILES string of the molecule is COCCNCc1cccc(F)c1OC1CCCC(C)C1. The summed E-state index contributed by atoms with van der Waals surface area (Å²) in [5.74, 6) is 0.819. The molecule has 4 heteroatoms. The number of ether oxygens (including phenoxy) is 2. The highest BCUT2D eigenvalue weighted by atomic mass is 19.1. The Morgan fingerprint density at radius 2 is 2.19 bits per heavy atom. The van der Waals surface area contributed by atoms with Crippen molar-refractivity contribution in [2.24, 2.45) is 5.92 Å². The molecule has 0 aliphatic heterocycles. The van der Waals surface area contributed by atoms with Crippen molar-refractivity contribution in [3.63, 3.8) is 0 Å². The van der Waals surface area contributed by atoms with Crippen molar-refractivity contribution in [2.75, 3.05) is 20.3 Å². The number of hydrogen-bond donors (Lipinski definition) is 1. The van der Waals surface area contributed by atoms with Crippen molar-refractivity contribution < 1.29 is 13.9 Å². The summed E-state index contributed by atoms with van der Waals surface area (Å²) in [5.41, 5.74) is 0.879. The maximum atomic E-state index is 14.1. The fourth-order valence-corrected chi connectivity index (χ4v) is 2.87. The minimum absolute atomic E-state index is 0.142. The van der Waals surface area contributed by atoms with E-state index < -0.39 is 0 Å². The Morgan fingerprint density at radius 1 is 1.33 bits per heavy atom. The van der Waals surface area contributed by atoms with Crippen molar-refractivity contribution in [2.45, 2.75) is 45.3 Å². The van der Waals surface area contributed by atoms with Gasteiger partial charge < -0.3 is 14.8 Å². The van der Waals surface area contributed by atoms with Crippen LogP contribution in [0.3, 0.4) is 0 Å². The third kappa shape index (κ3) is 4.97. The molecular weight excluding hydrogens is 269 g/mol. The van der Waals surface area contributed by atoms with E-state index in [0.29, 0.717) is 24.8 Å². The molecule has 118 valence electrons. The molecule has 0 radical (unpaired) electrons. The van der Waals surface area contributed by atoms with E-state index in [1.165, 1.54) is 18.9 Å². The molecule has 2 atom stereocenters. The van der Waals surface area contributed by atoms with Gasteiger partial charge in [0.15, 0.2) is 11.6 Å². The van der Waals surface area contributed by atoms with Gasteiger partial charge in [-0.25, -0.2) is 4.39 Å². The minimum Gasteiger partial charge on any atom is -0.487 e. The summed E-state index contributed by atoms with van der Waals surface area (Å²) < 4.78 is 25.1. The van der Waals surface area contributed by atoms with E-state index in [1.54, 1.807) is 13.2 Å². The number of benzene rings is 1. The van der Waals surface area contributed by atoms with Crippen molar-refractivity contribution in [3.05, 3.63) is 29.6 Å². The molecule has 0 spiro atoms. The molecule has 1 N–H and O–H groups in total. The topological polar surface area (TPSA) is 30.5 Å². The van der Waals surface area contributed by atoms with Crippen LogP contribution >= 0.6 is 0 Å². The molecule has 1 fully saturated rings. The maximum absolute atomic E-state index is 14.1. The lowest BCUT2D eigenvalue weighted by Gasteiger charge is -2.28. The van der Waals surface area contributed by atoms with Crippen molar-refractivity contribution in [3.8, 4) is 5.75 Å². The minimum atomic E-state index is -0.265. The van der Waals surface area contributed by atoms with Gasteiger partial charge >= 0.3 is 0 Å². The maximum Gasteiger partial charge on any atom is 0.165 e. The Hall–Kier alpha value is -1.13. The Morgan fingerprint density at radius 3 is 2.95 bits per heavy atom. The molecule has 21 heavy (non-hydrogen) atoms. The first-order valence-corrected chi connectivity index (χ1v) is 7.84. The van der Waals surface area contributed by atoms with Gasteiger partial charge in [-0.05, 0) is 31.2 Å². The first-order chi connectivity index (χ1) is 10.2. The van der Waals surface area contributed by atoms with E-state index >= 15 is 0 Å². The Balaban J connectivity index is 1.99. The molecule has 1 saturated carbocycles. The van der Waals surface area contributed by atoms with Gasteiger partial charge in [0.25, 0.3) is 0 Å². The van der Waals surface area contributed by atoms with Crippen LogP contribution in [0.15, 0.2) is 18.2 Å². The predicted octanol–water partition coefficient (Wildman–Crippen LogP) is 3.52. The number of nitrogens with one attached hydrogen (secondary N) is 1. The molecule has 0 aromatic heterocycles. The summed E-state index contributed by atoms with van der Waals surface area (Å²) in [6, 6.07) is 5.13. The van der Waals surface area contributed by atoms with Gasteiger partial charge in [0.2, 0.25) is 0 Å². The van der Waals surface area contributed by atoms with E-state index in [0.717, 1.165) is 24.9 Å². The fourth-order valence-electron chi connectivity index (χ4n) is 2.87. The third-order valence-corrected chi connectivity index (χ3v) is 4.02. The summed E-state index contributed by atoms with van der Waals surface area (Å²) in [6.07, 6.45) is 4.60. The van der Waals surface area contributed by atoms with Crippen LogP contribution in [0.2, 0.25) is 0 Å². The molecule has 0 bridgehead atoms. The van der Waals surface area contributed by atoms with Gasteiger partial charge in [0, 0.05) is 25.8 Å². The molecule has 3 nitrogen and oxygen atoms in total. The van der Waals surface area contributed by atoms with E-state index in [2.05, 4.69) is 12.2 Å². The number of methoxy groups -OCH3 is 1. The summed E-state index contributed by atoms with van der Waals surface area (Å²) in [4.78, 5) is 0. The van der Waals surface area contributed by atoms with Crippen LogP contribution in [0.5, 0.6) is 5.75 Å². The second-order valence-corrected chi connectivity index (χ2v) is 5.91. The largest absolute Gasteiger partial charge is 0.487 e. The molecule has 0 amide bonds. The normalized spacial score (nSPS) is 22.2. The van der Waals surface area contributed by atoms with Crippen LogP contribution in [0.25, 0.3) is 0 Å². The Kier molecular flexibility index (Phi) is 6.46. The number of rotatable bonds is 7. The molecular formula is C17H26FNO2. The lowest BCUT2D eigenvalue weighted by atomic mass is 9.88. The zero-order valence-corrected chi connectivity index (χ0v) is 13.0. The van der Waals surface area contributed by atoms with Gasteiger partial charge in [-0.2, -0.15) is 0 Å². The zero-order valence-electron chi connectivity index (χ0n) is 13.0. The van der Waals surface area contributed by atoms with Gasteiger partial charge in [-0.1, -0.05) is 25.5 Å². The van der Waals surface area contributed by atoms with E-state index in [-0.39, 0.29) is 11.9 Å². The van der Waals surface area contributed by atoms with Crippen molar-refractivity contribution >= 4 is 0 Å². The van der Waals surface area contributed by atoms with Crippen LogP contribution in [0.1, 0.15) is 38.2 Å². The Bertz CT molecular complexity index is 439. The highest BCUT2D eigenvalue weighted by Crippen LogP contribution is 2.30. The average Bonchev–Trinajstić information content (AvgIpc) is 2.47. The second kappa shape index (κ2) is 8.35. The summed E-state index contributed by atoms with van der Waals surface area (Å²) >= 11 is 0. The van der Waals surface area contributed by atoms with Crippen molar-refractivity contribution in [1.29, 1.82) is 0 Å². The second-order valence-electron chi connectivity index (χ2n) is 5.91. The van der Waals surface area contributed by atoms with Crippen LogP contribution in [-0.2, 0) is 11.3 Å². The molecule has 1 aromatic carbocycles. The monoisotopic (exact) mass is 295 g/mol. The van der Waals surface area contributed by atoms with Gasteiger partial charge in [-0.15, -0.1) is 0 Å². The zero-order chi connectivity index (χ0) is 15.1. The molecule has 1 aliphatic carbocycles. The lowest BCUT2D eigenvalue weighted by molar-refractivity contribution is 0.122. The molecule has 0 saturated heterocycles. The van der Waals surface area contributed by atoms with Crippen molar-refractivity contribution in [1.82, 2.24) is 5.32 Å². The first kappa shape index (κ1) is 16.2. The van der Waals surface area contributed by atoms with Crippen LogP contribution < -0.4 is 10.1 Å². The predicted molar refractivity (Wildman–Crippen MR) is 82.0 cm³/mol. The number of hydrogen-bond acceptors (Lipinski definition) is 3. The number of halogens is 1. The highest BCUT2D eigenvalue weighted by molar-refractivity contribution is 5.35. The molecule has 2 unspecified atom stereocenters. The molecule has 1 aromatic rings. The first-order valence-electron chi connectivity index (χ1n) is 7.84. The lowest BCUT2D eigenvalue weighted by Crippen LogP contribution is -2.26. The molecule has 1 aliphatic rings.